The van der Waals surface area contributed by atoms with Crippen LogP contribution in [-0.2, 0) is 21.4 Å². The van der Waals surface area contributed by atoms with Gasteiger partial charge in [-0.3, -0.25) is 9.78 Å². The summed E-state index contributed by atoms with van der Waals surface area (Å²) in [6.45, 7) is 3.76. The summed E-state index contributed by atoms with van der Waals surface area (Å²) in [5.74, 6) is -0.266. The Hall–Kier alpha value is -2.51. The van der Waals surface area contributed by atoms with Crippen molar-refractivity contribution in [1.29, 1.82) is 0 Å². The van der Waals surface area contributed by atoms with Gasteiger partial charge in [-0.15, -0.1) is 0 Å². The maximum Gasteiger partial charge on any atom is 0.244 e. The fourth-order valence-electron chi connectivity index (χ4n) is 2.10. The van der Waals surface area contributed by atoms with E-state index < -0.39 is 10.0 Å². The zero-order chi connectivity index (χ0) is 18.3. The van der Waals surface area contributed by atoms with Gasteiger partial charge in [-0.25, -0.2) is 13.1 Å². The van der Waals surface area contributed by atoms with E-state index in [1.54, 1.807) is 56.6 Å². The highest BCUT2D eigenvalue weighted by Gasteiger charge is 2.15. The first kappa shape index (κ1) is 18.8. The van der Waals surface area contributed by atoms with E-state index in [0.29, 0.717) is 5.56 Å². The number of sulfonamides is 1. The molecule has 1 heterocycles. The average Bonchev–Trinajstić information content (AvgIpc) is 2.58. The molecule has 0 aliphatic rings. The lowest BCUT2D eigenvalue weighted by Crippen LogP contribution is -2.30. The monoisotopic (exact) mass is 359 g/mol. The van der Waals surface area contributed by atoms with Crippen LogP contribution in [-0.4, -0.2) is 25.4 Å². The second-order valence-electron chi connectivity index (χ2n) is 5.76. The van der Waals surface area contributed by atoms with E-state index in [1.165, 1.54) is 12.1 Å². The summed E-state index contributed by atoms with van der Waals surface area (Å²) in [4.78, 5) is 16.0. The number of carbonyl (C=O) groups excluding carboxylic acids is 1. The number of nitrogens with one attached hydrogen (secondary N) is 2. The Morgan fingerprint density at radius 1 is 1.24 bits per heavy atom. The largest absolute Gasteiger partial charge is 0.348 e. The van der Waals surface area contributed by atoms with Gasteiger partial charge in [-0.05, 0) is 49.2 Å². The van der Waals surface area contributed by atoms with Gasteiger partial charge < -0.3 is 5.32 Å². The number of hydrogen-bond acceptors (Lipinski definition) is 4. The van der Waals surface area contributed by atoms with Crippen LogP contribution in [0.1, 0.15) is 25.0 Å². The predicted octanol–water partition coefficient (Wildman–Crippen LogP) is 2.10. The van der Waals surface area contributed by atoms with Crippen LogP contribution in [0.5, 0.6) is 0 Å². The highest BCUT2D eigenvalue weighted by atomic mass is 32.2. The third kappa shape index (κ3) is 6.13. The van der Waals surface area contributed by atoms with Crippen molar-refractivity contribution in [3.05, 3.63) is 66.0 Å². The molecule has 0 bridgehead atoms. The van der Waals surface area contributed by atoms with E-state index in [0.717, 1.165) is 5.56 Å². The second kappa shape index (κ2) is 8.55. The third-order valence-electron chi connectivity index (χ3n) is 3.18. The summed E-state index contributed by atoms with van der Waals surface area (Å²) in [6.07, 6.45) is 6.39. The zero-order valence-electron chi connectivity index (χ0n) is 14.1. The topological polar surface area (TPSA) is 88.2 Å². The Balaban J connectivity index is 1.98. The Morgan fingerprint density at radius 3 is 2.72 bits per heavy atom. The highest BCUT2D eigenvalue weighted by molar-refractivity contribution is 7.89. The fraction of sp³-hybridized carbons (Fsp3) is 0.222. The number of aromatic nitrogens is 1. The van der Waals surface area contributed by atoms with E-state index >= 15 is 0 Å². The van der Waals surface area contributed by atoms with Crippen LogP contribution in [0.15, 0.2) is 59.8 Å². The number of carbonyl (C=O) groups is 1. The molecule has 6 nitrogen and oxygen atoms in total. The maximum absolute atomic E-state index is 12.2. The lowest BCUT2D eigenvalue weighted by molar-refractivity contribution is -0.116. The molecule has 2 rings (SSSR count). The molecule has 1 aromatic heterocycles. The number of pyridine rings is 1. The van der Waals surface area contributed by atoms with Crippen LogP contribution in [0.25, 0.3) is 6.08 Å². The van der Waals surface area contributed by atoms with Crippen LogP contribution in [0.2, 0.25) is 0 Å². The molecule has 132 valence electrons. The summed E-state index contributed by atoms with van der Waals surface area (Å²) in [5, 5.41) is 2.73. The van der Waals surface area contributed by atoms with Crippen molar-refractivity contribution in [3.8, 4) is 0 Å². The molecule has 0 aliphatic heterocycles. The van der Waals surface area contributed by atoms with E-state index in [4.69, 9.17) is 0 Å². The number of hydrogen-bond donors (Lipinski definition) is 2. The fourth-order valence-corrected chi connectivity index (χ4v) is 3.42. The minimum absolute atomic E-state index is 0.179. The molecule has 0 unspecified atom stereocenters. The van der Waals surface area contributed by atoms with Crippen molar-refractivity contribution in [2.45, 2.75) is 31.3 Å². The predicted molar refractivity (Wildman–Crippen MR) is 97.0 cm³/mol. The highest BCUT2D eigenvalue weighted by Crippen LogP contribution is 2.12. The average molecular weight is 359 g/mol. The lowest BCUT2D eigenvalue weighted by Gasteiger charge is -2.11. The first-order chi connectivity index (χ1) is 11.9. The molecule has 0 fully saturated rings. The molecule has 0 saturated carbocycles. The molecule has 0 atom stereocenters. The van der Waals surface area contributed by atoms with E-state index in [9.17, 15) is 13.2 Å². The summed E-state index contributed by atoms with van der Waals surface area (Å²) >= 11 is 0. The third-order valence-corrected chi connectivity index (χ3v) is 4.83. The van der Waals surface area contributed by atoms with Crippen LogP contribution >= 0.6 is 0 Å². The number of nitrogens with zero attached hydrogens (tertiary/aromatic N) is 1. The van der Waals surface area contributed by atoms with Crippen LogP contribution in [0.3, 0.4) is 0 Å². The molecular formula is C18H21N3O3S. The molecule has 1 aromatic carbocycles. The second-order valence-corrected chi connectivity index (χ2v) is 7.47. The minimum atomic E-state index is -3.55. The van der Waals surface area contributed by atoms with Gasteiger partial charge in [-0.1, -0.05) is 18.2 Å². The molecule has 0 spiro atoms. The lowest BCUT2D eigenvalue weighted by atomic mass is 10.2. The summed E-state index contributed by atoms with van der Waals surface area (Å²) < 4.78 is 26.9. The quantitative estimate of drug-likeness (QED) is 0.741. The number of amides is 1. The van der Waals surface area contributed by atoms with Crippen molar-refractivity contribution < 1.29 is 13.2 Å². The molecule has 0 radical (unpaired) electrons. The van der Waals surface area contributed by atoms with Crippen LogP contribution in [0.4, 0.5) is 0 Å². The normalized spacial score (nSPS) is 11.8. The molecule has 0 aliphatic carbocycles. The minimum Gasteiger partial charge on any atom is -0.348 e. The van der Waals surface area contributed by atoms with Gasteiger partial charge in [0.25, 0.3) is 0 Å². The van der Waals surface area contributed by atoms with Gasteiger partial charge in [0.1, 0.15) is 0 Å². The zero-order valence-corrected chi connectivity index (χ0v) is 15.0. The summed E-state index contributed by atoms with van der Waals surface area (Å²) in [6, 6.07) is 9.93. The van der Waals surface area contributed by atoms with E-state index in [-0.39, 0.29) is 23.4 Å². The van der Waals surface area contributed by atoms with Crippen molar-refractivity contribution >= 4 is 22.0 Å². The van der Waals surface area contributed by atoms with Crippen LogP contribution < -0.4 is 10.0 Å². The SMILES string of the molecule is CC(C)NS(=O)(=O)c1cccc(CNC(=O)C=Cc2cccnc2)c1. The summed E-state index contributed by atoms with van der Waals surface area (Å²) in [7, 11) is -3.55. The van der Waals surface area contributed by atoms with Gasteiger partial charge in [0.05, 0.1) is 4.90 Å². The Kier molecular flexibility index (Phi) is 6.44. The van der Waals surface area contributed by atoms with Gasteiger partial charge in [0.15, 0.2) is 0 Å². The Morgan fingerprint density at radius 2 is 2.04 bits per heavy atom. The van der Waals surface area contributed by atoms with Gasteiger partial charge in [0.2, 0.25) is 15.9 Å². The first-order valence-corrected chi connectivity index (χ1v) is 9.32. The van der Waals surface area contributed by atoms with Gasteiger partial charge in [0, 0.05) is 31.1 Å². The standard InChI is InChI=1S/C18H21N3O3S/c1-14(2)21-25(23,24)17-7-3-5-16(11-17)13-20-18(22)9-8-15-6-4-10-19-12-15/h3-12,14,21H,13H2,1-2H3,(H,20,22). The molecule has 7 heteroatoms. The molecular weight excluding hydrogens is 338 g/mol. The van der Waals surface area contributed by atoms with E-state index in [2.05, 4.69) is 15.0 Å². The number of benzene rings is 1. The Labute approximate surface area is 148 Å². The Bertz CT molecular complexity index is 847. The van der Waals surface area contributed by atoms with Gasteiger partial charge >= 0.3 is 0 Å². The maximum atomic E-state index is 12.2. The summed E-state index contributed by atoms with van der Waals surface area (Å²) in [5.41, 5.74) is 1.53. The van der Waals surface area contributed by atoms with Crippen molar-refractivity contribution in [2.24, 2.45) is 0 Å². The molecule has 2 N–H and O–H groups in total. The molecule has 25 heavy (non-hydrogen) atoms. The smallest absolute Gasteiger partial charge is 0.244 e. The molecule has 2 aromatic rings. The van der Waals surface area contributed by atoms with Crippen LogP contribution in [0, 0.1) is 0 Å². The first-order valence-electron chi connectivity index (χ1n) is 7.84. The molecule has 1 amide bonds. The van der Waals surface area contributed by atoms with Crippen molar-refractivity contribution in [2.75, 3.05) is 0 Å². The molecule has 0 saturated heterocycles. The number of rotatable bonds is 7. The van der Waals surface area contributed by atoms with Gasteiger partial charge in [-0.2, -0.15) is 0 Å². The van der Waals surface area contributed by atoms with Crippen molar-refractivity contribution in [3.63, 3.8) is 0 Å². The van der Waals surface area contributed by atoms with E-state index in [1.807, 2.05) is 6.07 Å². The van der Waals surface area contributed by atoms with Crippen molar-refractivity contribution in [1.82, 2.24) is 15.0 Å².